The minimum atomic E-state index is -0.913. The number of methoxy groups -OCH3 is 1. The molecule has 5 nitrogen and oxygen atoms in total. The summed E-state index contributed by atoms with van der Waals surface area (Å²) in [4.78, 5) is 24.7. The van der Waals surface area contributed by atoms with Crippen LogP contribution < -0.4 is 10.1 Å². The molecule has 1 aromatic heterocycles. The lowest BCUT2D eigenvalue weighted by Crippen LogP contribution is -2.42. The standard InChI is InChI=1S/C18H23NO4S/c1-5-18(6-2,17(21)22)10-19-16(20)15-11(3)13-9-12(23-4)7-8-14(13)24-15/h7-9H,5-6,10H2,1-4H3,(H,19,20)(H,21,22). The van der Waals surface area contributed by atoms with E-state index in [1.165, 1.54) is 11.3 Å². The first-order valence-corrected chi connectivity index (χ1v) is 8.79. The van der Waals surface area contributed by atoms with Gasteiger partial charge in [0.1, 0.15) is 5.75 Å². The van der Waals surface area contributed by atoms with E-state index in [-0.39, 0.29) is 12.5 Å². The molecule has 0 aliphatic carbocycles. The average Bonchev–Trinajstić information content (AvgIpc) is 2.92. The normalized spacial score (nSPS) is 11.5. The number of thiophene rings is 1. The van der Waals surface area contributed by atoms with Crippen molar-refractivity contribution in [3.63, 3.8) is 0 Å². The van der Waals surface area contributed by atoms with Gasteiger partial charge in [-0.15, -0.1) is 11.3 Å². The van der Waals surface area contributed by atoms with E-state index in [1.54, 1.807) is 7.11 Å². The number of fused-ring (bicyclic) bond motifs is 1. The van der Waals surface area contributed by atoms with Gasteiger partial charge in [-0.05, 0) is 48.9 Å². The van der Waals surface area contributed by atoms with Crippen LogP contribution in [0.2, 0.25) is 0 Å². The lowest BCUT2D eigenvalue weighted by atomic mass is 9.82. The van der Waals surface area contributed by atoms with Crippen LogP contribution in [0.4, 0.5) is 0 Å². The van der Waals surface area contributed by atoms with Gasteiger partial charge in [0.05, 0.1) is 17.4 Å². The second-order valence-corrected chi connectivity index (χ2v) is 6.95. The van der Waals surface area contributed by atoms with Crippen molar-refractivity contribution in [2.24, 2.45) is 5.41 Å². The van der Waals surface area contributed by atoms with Crippen LogP contribution in [0.5, 0.6) is 5.75 Å². The van der Waals surface area contributed by atoms with Gasteiger partial charge in [0.2, 0.25) is 0 Å². The fourth-order valence-electron chi connectivity index (χ4n) is 2.75. The number of ether oxygens (including phenoxy) is 1. The Morgan fingerprint density at radius 1 is 1.29 bits per heavy atom. The Morgan fingerprint density at radius 2 is 1.96 bits per heavy atom. The molecule has 0 radical (unpaired) electrons. The molecule has 2 N–H and O–H groups in total. The van der Waals surface area contributed by atoms with Crippen LogP contribution in [-0.2, 0) is 4.79 Å². The smallest absolute Gasteiger partial charge is 0.311 e. The largest absolute Gasteiger partial charge is 0.497 e. The van der Waals surface area contributed by atoms with E-state index in [0.717, 1.165) is 21.4 Å². The third-order valence-electron chi connectivity index (χ3n) is 4.74. The number of carbonyl (C=O) groups excluding carboxylic acids is 1. The van der Waals surface area contributed by atoms with Crippen LogP contribution in [0, 0.1) is 12.3 Å². The van der Waals surface area contributed by atoms with E-state index in [4.69, 9.17) is 4.74 Å². The molecule has 0 saturated heterocycles. The Hall–Kier alpha value is -2.08. The molecular formula is C18H23NO4S. The van der Waals surface area contributed by atoms with Gasteiger partial charge in [-0.25, -0.2) is 0 Å². The number of nitrogens with one attached hydrogen (secondary N) is 1. The fourth-order valence-corrected chi connectivity index (χ4v) is 3.86. The van der Waals surface area contributed by atoms with Gasteiger partial charge in [0.15, 0.2) is 0 Å². The quantitative estimate of drug-likeness (QED) is 0.796. The number of aryl methyl sites for hydroxylation is 1. The molecule has 0 saturated carbocycles. The van der Waals surface area contributed by atoms with Crippen LogP contribution in [0.25, 0.3) is 10.1 Å². The van der Waals surface area contributed by atoms with Crippen molar-refractivity contribution in [1.29, 1.82) is 0 Å². The summed E-state index contributed by atoms with van der Waals surface area (Å²) in [5, 5.41) is 13.3. The molecule has 0 aliphatic heterocycles. The summed E-state index contributed by atoms with van der Waals surface area (Å²) in [5.41, 5.74) is -0.0240. The number of amides is 1. The Labute approximate surface area is 145 Å². The molecule has 6 heteroatoms. The topological polar surface area (TPSA) is 75.6 Å². The summed E-state index contributed by atoms with van der Waals surface area (Å²) in [5.74, 6) is -0.344. The highest BCUT2D eigenvalue weighted by Gasteiger charge is 2.35. The lowest BCUT2D eigenvalue weighted by molar-refractivity contribution is -0.149. The molecule has 0 aliphatic rings. The fraction of sp³-hybridized carbons (Fsp3) is 0.444. The molecule has 0 unspecified atom stereocenters. The zero-order valence-electron chi connectivity index (χ0n) is 14.4. The predicted molar refractivity (Wildman–Crippen MR) is 96.1 cm³/mol. The van der Waals surface area contributed by atoms with Gasteiger partial charge in [-0.1, -0.05) is 13.8 Å². The molecule has 1 amide bonds. The van der Waals surface area contributed by atoms with E-state index in [2.05, 4.69) is 5.32 Å². The van der Waals surface area contributed by atoms with Crippen LogP contribution in [0.1, 0.15) is 41.9 Å². The molecule has 0 fully saturated rings. The number of hydrogen-bond donors (Lipinski definition) is 2. The Morgan fingerprint density at radius 3 is 2.50 bits per heavy atom. The van der Waals surface area contributed by atoms with E-state index < -0.39 is 11.4 Å². The number of carboxylic acid groups (broad SMARTS) is 1. The highest BCUT2D eigenvalue weighted by Crippen LogP contribution is 2.33. The summed E-state index contributed by atoms with van der Waals surface area (Å²) < 4.78 is 6.24. The molecule has 24 heavy (non-hydrogen) atoms. The molecule has 130 valence electrons. The van der Waals surface area contributed by atoms with Gasteiger partial charge in [-0.3, -0.25) is 9.59 Å². The minimum Gasteiger partial charge on any atom is -0.497 e. The second-order valence-electron chi connectivity index (χ2n) is 5.89. The van der Waals surface area contributed by atoms with Crippen LogP contribution in [-0.4, -0.2) is 30.6 Å². The summed E-state index contributed by atoms with van der Waals surface area (Å²) in [6, 6.07) is 5.71. The summed E-state index contributed by atoms with van der Waals surface area (Å²) in [6.07, 6.45) is 0.948. The predicted octanol–water partition coefficient (Wildman–Crippen LogP) is 3.84. The Kier molecular flexibility index (Phi) is 5.49. The maximum atomic E-state index is 12.6. The van der Waals surface area contributed by atoms with Gasteiger partial charge < -0.3 is 15.2 Å². The maximum absolute atomic E-state index is 12.6. The van der Waals surface area contributed by atoms with E-state index in [0.29, 0.717) is 17.7 Å². The van der Waals surface area contributed by atoms with E-state index in [1.807, 2.05) is 39.0 Å². The summed E-state index contributed by atoms with van der Waals surface area (Å²) in [7, 11) is 1.61. The number of aliphatic carboxylic acids is 1. The first-order valence-electron chi connectivity index (χ1n) is 7.97. The van der Waals surface area contributed by atoms with Crippen molar-refractivity contribution >= 4 is 33.3 Å². The average molecular weight is 349 g/mol. The molecule has 1 heterocycles. The minimum absolute atomic E-state index is 0.130. The molecule has 2 aromatic rings. The Bertz CT molecular complexity index is 762. The van der Waals surface area contributed by atoms with Gasteiger partial charge in [0, 0.05) is 11.2 Å². The lowest BCUT2D eigenvalue weighted by Gasteiger charge is -2.26. The zero-order chi connectivity index (χ0) is 17.9. The van der Waals surface area contributed by atoms with Crippen LogP contribution in [0.15, 0.2) is 18.2 Å². The molecule has 0 atom stereocenters. The highest BCUT2D eigenvalue weighted by molar-refractivity contribution is 7.21. The van der Waals surface area contributed by atoms with Crippen LogP contribution in [0.3, 0.4) is 0 Å². The van der Waals surface area contributed by atoms with E-state index in [9.17, 15) is 14.7 Å². The van der Waals surface area contributed by atoms with Crippen molar-refractivity contribution in [3.8, 4) is 5.75 Å². The van der Waals surface area contributed by atoms with Crippen molar-refractivity contribution in [1.82, 2.24) is 5.32 Å². The summed E-state index contributed by atoms with van der Waals surface area (Å²) in [6.45, 7) is 5.70. The van der Waals surface area contributed by atoms with Crippen molar-refractivity contribution in [3.05, 3.63) is 28.6 Å². The zero-order valence-corrected chi connectivity index (χ0v) is 15.3. The van der Waals surface area contributed by atoms with Gasteiger partial charge in [0.25, 0.3) is 5.91 Å². The highest BCUT2D eigenvalue weighted by atomic mass is 32.1. The number of hydrogen-bond acceptors (Lipinski definition) is 4. The summed E-state index contributed by atoms with van der Waals surface area (Å²) >= 11 is 1.41. The number of carbonyl (C=O) groups is 2. The molecule has 2 rings (SSSR count). The van der Waals surface area contributed by atoms with Crippen molar-refractivity contribution in [2.45, 2.75) is 33.6 Å². The Balaban J connectivity index is 2.25. The van der Waals surface area contributed by atoms with Crippen LogP contribution >= 0.6 is 11.3 Å². The first kappa shape index (κ1) is 18.3. The van der Waals surface area contributed by atoms with E-state index >= 15 is 0 Å². The third kappa shape index (κ3) is 3.24. The third-order valence-corrected chi connectivity index (χ3v) is 6.02. The monoisotopic (exact) mass is 349 g/mol. The van der Waals surface area contributed by atoms with Gasteiger partial charge >= 0.3 is 5.97 Å². The second kappa shape index (κ2) is 7.21. The molecule has 0 spiro atoms. The van der Waals surface area contributed by atoms with Crippen molar-refractivity contribution in [2.75, 3.05) is 13.7 Å². The number of carboxylic acids is 1. The molecule has 0 bridgehead atoms. The number of benzene rings is 1. The maximum Gasteiger partial charge on any atom is 0.311 e. The van der Waals surface area contributed by atoms with Gasteiger partial charge in [-0.2, -0.15) is 0 Å². The SMILES string of the molecule is CCC(CC)(CNC(=O)c1sc2ccc(OC)cc2c1C)C(=O)O. The number of rotatable bonds is 7. The molecular weight excluding hydrogens is 326 g/mol. The first-order chi connectivity index (χ1) is 11.4. The van der Waals surface area contributed by atoms with Crippen molar-refractivity contribution < 1.29 is 19.4 Å². The molecule has 1 aromatic carbocycles.